The van der Waals surface area contributed by atoms with Crippen LogP contribution in [-0.2, 0) is 11.3 Å². The average molecular weight is 400 g/mol. The van der Waals surface area contributed by atoms with Crippen LogP contribution in [0.2, 0.25) is 0 Å². The van der Waals surface area contributed by atoms with Crippen LogP contribution < -0.4 is 0 Å². The van der Waals surface area contributed by atoms with E-state index in [0.29, 0.717) is 32.3 Å². The molecule has 1 aromatic heterocycles. The summed E-state index contributed by atoms with van der Waals surface area (Å²) in [5, 5.41) is 0. The van der Waals surface area contributed by atoms with Crippen molar-refractivity contribution >= 4 is 15.9 Å². The highest BCUT2D eigenvalue weighted by molar-refractivity contribution is 9.10. The summed E-state index contributed by atoms with van der Waals surface area (Å²) in [5.41, 5.74) is 0.697. The lowest BCUT2D eigenvalue weighted by Gasteiger charge is -2.29. The van der Waals surface area contributed by atoms with Gasteiger partial charge in [0, 0.05) is 16.2 Å². The topological polar surface area (TPSA) is 22.1 Å². The second-order valence-electron chi connectivity index (χ2n) is 5.97. The minimum absolute atomic E-state index is 0.0230. The van der Waals surface area contributed by atoms with Crippen molar-refractivity contribution in [2.24, 2.45) is 0 Å². The van der Waals surface area contributed by atoms with Gasteiger partial charge >= 0.3 is 0 Å². The number of aromatic nitrogens is 1. The Morgan fingerprint density at radius 1 is 1.04 bits per heavy atom. The molecule has 3 rings (SSSR count). The lowest BCUT2D eigenvalue weighted by atomic mass is 9.82. The van der Waals surface area contributed by atoms with Gasteiger partial charge in [0.1, 0.15) is 5.82 Å². The Kier molecular flexibility index (Phi) is 5.56. The fourth-order valence-corrected chi connectivity index (χ4v) is 3.53. The molecule has 0 spiro atoms. The molecule has 2 nitrogen and oxygen atoms in total. The van der Waals surface area contributed by atoms with Crippen LogP contribution in [-0.4, -0.2) is 11.1 Å². The molecule has 0 unspecified atom stereocenters. The van der Waals surface area contributed by atoms with Gasteiger partial charge in [-0.05, 0) is 71.8 Å². The Bertz CT molecular complexity index is 717. The van der Waals surface area contributed by atoms with E-state index in [0.717, 1.165) is 22.3 Å². The normalized spacial score (nSPS) is 21.0. The Balaban J connectivity index is 1.59. The summed E-state index contributed by atoms with van der Waals surface area (Å²) in [6.07, 6.45) is 4.25. The molecule has 1 saturated carbocycles. The quantitative estimate of drug-likeness (QED) is 0.632. The fraction of sp³-hybridized carbons (Fsp3) is 0.389. The van der Waals surface area contributed by atoms with E-state index in [-0.39, 0.29) is 17.6 Å². The molecular formula is C18H17BrF3NO. The SMILES string of the molecule is Fc1ccc(F)c([C@H]2CC[C@@H](OCc3ncccc3Br)CC2)c1F. The van der Waals surface area contributed by atoms with Crippen molar-refractivity contribution in [3.8, 4) is 0 Å². The van der Waals surface area contributed by atoms with Gasteiger partial charge in [-0.15, -0.1) is 0 Å². The number of ether oxygens (including phenoxy) is 1. The van der Waals surface area contributed by atoms with Gasteiger partial charge in [0.25, 0.3) is 0 Å². The fourth-order valence-electron chi connectivity index (χ4n) is 3.16. The van der Waals surface area contributed by atoms with E-state index in [1.54, 1.807) is 6.20 Å². The van der Waals surface area contributed by atoms with E-state index in [2.05, 4.69) is 20.9 Å². The Morgan fingerprint density at radius 2 is 1.75 bits per heavy atom. The summed E-state index contributed by atoms with van der Waals surface area (Å²) in [6.45, 7) is 0.388. The average Bonchev–Trinajstić information content (AvgIpc) is 2.59. The highest BCUT2D eigenvalue weighted by Crippen LogP contribution is 2.37. The van der Waals surface area contributed by atoms with Crippen molar-refractivity contribution in [2.45, 2.75) is 44.3 Å². The molecule has 1 heterocycles. The first-order chi connectivity index (χ1) is 11.6. The molecule has 0 atom stereocenters. The van der Waals surface area contributed by atoms with Crippen LogP contribution in [0.1, 0.15) is 42.9 Å². The van der Waals surface area contributed by atoms with E-state index in [1.165, 1.54) is 0 Å². The van der Waals surface area contributed by atoms with E-state index in [9.17, 15) is 13.2 Å². The monoisotopic (exact) mass is 399 g/mol. The predicted molar refractivity (Wildman–Crippen MR) is 88.0 cm³/mol. The van der Waals surface area contributed by atoms with Crippen LogP contribution in [0, 0.1) is 17.5 Å². The van der Waals surface area contributed by atoms with Gasteiger partial charge in [0.15, 0.2) is 11.6 Å². The third-order valence-corrected chi connectivity index (χ3v) is 5.17. The molecule has 0 aliphatic heterocycles. The molecule has 1 aromatic carbocycles. The largest absolute Gasteiger partial charge is 0.372 e. The molecule has 0 N–H and O–H groups in total. The van der Waals surface area contributed by atoms with Gasteiger partial charge in [-0.25, -0.2) is 13.2 Å². The van der Waals surface area contributed by atoms with E-state index < -0.39 is 17.5 Å². The Labute approximate surface area is 147 Å². The second-order valence-corrected chi connectivity index (χ2v) is 6.83. The number of rotatable bonds is 4. The summed E-state index contributed by atoms with van der Waals surface area (Å²) in [4.78, 5) is 4.25. The Morgan fingerprint density at radius 3 is 2.46 bits per heavy atom. The first-order valence-corrected chi connectivity index (χ1v) is 8.70. The number of benzene rings is 1. The molecule has 1 fully saturated rings. The van der Waals surface area contributed by atoms with Gasteiger partial charge in [-0.1, -0.05) is 0 Å². The van der Waals surface area contributed by atoms with Crippen molar-refractivity contribution < 1.29 is 17.9 Å². The number of hydrogen-bond acceptors (Lipinski definition) is 2. The number of halogens is 4. The summed E-state index contributed by atoms with van der Waals surface area (Å²) >= 11 is 3.42. The maximum atomic E-state index is 13.9. The van der Waals surface area contributed by atoms with Crippen LogP contribution in [0.4, 0.5) is 13.2 Å². The second kappa shape index (κ2) is 7.66. The van der Waals surface area contributed by atoms with Crippen molar-refractivity contribution in [1.29, 1.82) is 0 Å². The molecule has 0 radical (unpaired) electrons. The van der Waals surface area contributed by atoms with Gasteiger partial charge < -0.3 is 4.74 Å². The first-order valence-electron chi connectivity index (χ1n) is 7.90. The third-order valence-electron chi connectivity index (χ3n) is 4.45. The predicted octanol–water partition coefficient (Wildman–Crippen LogP) is 5.50. The highest BCUT2D eigenvalue weighted by atomic mass is 79.9. The smallest absolute Gasteiger partial charge is 0.165 e. The van der Waals surface area contributed by atoms with Crippen LogP contribution >= 0.6 is 15.9 Å². The Hall–Kier alpha value is -1.40. The first kappa shape index (κ1) is 17.4. The molecule has 128 valence electrons. The van der Waals surface area contributed by atoms with Gasteiger partial charge in [-0.2, -0.15) is 0 Å². The zero-order chi connectivity index (χ0) is 17.1. The summed E-state index contributed by atoms with van der Waals surface area (Å²) in [5.74, 6) is -3.03. The van der Waals surface area contributed by atoms with E-state index in [1.807, 2.05) is 12.1 Å². The van der Waals surface area contributed by atoms with Crippen LogP contribution in [0.15, 0.2) is 34.9 Å². The standard InChI is InChI=1S/C18H17BrF3NO/c19-13-2-1-9-23-16(13)10-24-12-5-3-11(4-6-12)17-14(20)7-8-15(21)18(17)22/h1-2,7-9,11-12H,3-6,10H2/t11-,12+. The molecule has 0 amide bonds. The lowest BCUT2D eigenvalue weighted by Crippen LogP contribution is -2.22. The zero-order valence-electron chi connectivity index (χ0n) is 12.9. The summed E-state index contributed by atoms with van der Waals surface area (Å²) < 4.78 is 47.9. The van der Waals surface area contributed by atoms with Crippen molar-refractivity contribution in [2.75, 3.05) is 0 Å². The van der Waals surface area contributed by atoms with Gasteiger partial charge in [0.05, 0.1) is 18.4 Å². The minimum Gasteiger partial charge on any atom is -0.372 e. The summed E-state index contributed by atoms with van der Waals surface area (Å²) in [7, 11) is 0. The zero-order valence-corrected chi connectivity index (χ0v) is 14.5. The summed E-state index contributed by atoms with van der Waals surface area (Å²) in [6, 6.07) is 5.56. The van der Waals surface area contributed by atoms with Crippen LogP contribution in [0.5, 0.6) is 0 Å². The van der Waals surface area contributed by atoms with Crippen molar-refractivity contribution in [3.05, 3.63) is 63.6 Å². The molecule has 1 aliphatic carbocycles. The molecule has 0 saturated heterocycles. The number of pyridine rings is 1. The van der Waals surface area contributed by atoms with Crippen LogP contribution in [0.3, 0.4) is 0 Å². The minimum atomic E-state index is -1.06. The van der Waals surface area contributed by atoms with Gasteiger partial charge in [-0.3, -0.25) is 4.98 Å². The number of hydrogen-bond donors (Lipinski definition) is 0. The molecule has 6 heteroatoms. The van der Waals surface area contributed by atoms with Crippen molar-refractivity contribution in [1.82, 2.24) is 4.98 Å². The number of nitrogens with zero attached hydrogens (tertiary/aromatic N) is 1. The molecule has 24 heavy (non-hydrogen) atoms. The maximum Gasteiger partial charge on any atom is 0.165 e. The molecule has 2 aromatic rings. The molecular weight excluding hydrogens is 383 g/mol. The maximum absolute atomic E-state index is 13.9. The van der Waals surface area contributed by atoms with E-state index >= 15 is 0 Å². The van der Waals surface area contributed by atoms with Crippen molar-refractivity contribution in [3.63, 3.8) is 0 Å². The van der Waals surface area contributed by atoms with Gasteiger partial charge in [0.2, 0.25) is 0 Å². The highest BCUT2D eigenvalue weighted by Gasteiger charge is 2.28. The molecule has 1 aliphatic rings. The van der Waals surface area contributed by atoms with E-state index in [4.69, 9.17) is 4.74 Å². The molecule has 0 bridgehead atoms. The lowest BCUT2D eigenvalue weighted by molar-refractivity contribution is 0.0110. The third kappa shape index (κ3) is 3.81. The van der Waals surface area contributed by atoms with Crippen LogP contribution in [0.25, 0.3) is 0 Å².